The van der Waals surface area contributed by atoms with E-state index in [9.17, 15) is 4.79 Å². The van der Waals surface area contributed by atoms with Crippen molar-refractivity contribution >= 4 is 29.1 Å². The molecule has 134 valence electrons. The summed E-state index contributed by atoms with van der Waals surface area (Å²) in [4.78, 5) is 14.4. The largest absolute Gasteiger partial charge is 0.482 e. The number of hydrogen-bond acceptors (Lipinski definition) is 4. The van der Waals surface area contributed by atoms with E-state index in [0.29, 0.717) is 28.3 Å². The third-order valence-corrected chi connectivity index (χ3v) is 4.59. The first-order valence-electron chi connectivity index (χ1n) is 8.13. The Labute approximate surface area is 153 Å². The van der Waals surface area contributed by atoms with Crippen LogP contribution in [-0.2, 0) is 9.53 Å². The highest BCUT2D eigenvalue weighted by Gasteiger charge is 2.24. The van der Waals surface area contributed by atoms with Gasteiger partial charge in [0.25, 0.3) is 5.91 Å². The Balaban J connectivity index is 1.81. The zero-order valence-electron chi connectivity index (χ0n) is 14.1. The number of carbonyl (C=O) groups excluding carboxylic acids is 1. The van der Waals surface area contributed by atoms with Gasteiger partial charge in [-0.25, -0.2) is 0 Å². The lowest BCUT2D eigenvalue weighted by molar-refractivity contribution is -0.123. The summed E-state index contributed by atoms with van der Waals surface area (Å²) in [5, 5.41) is 3.89. The molecule has 1 amide bonds. The van der Waals surface area contributed by atoms with Crippen LogP contribution in [0.15, 0.2) is 18.2 Å². The molecule has 0 spiro atoms. The third-order valence-electron chi connectivity index (χ3n) is 4.04. The van der Waals surface area contributed by atoms with E-state index in [1.807, 2.05) is 0 Å². The fourth-order valence-corrected chi connectivity index (χ4v) is 3.03. The molecular formula is C17H24Cl2N2O3. The van der Waals surface area contributed by atoms with Crippen molar-refractivity contribution in [2.24, 2.45) is 5.92 Å². The quantitative estimate of drug-likeness (QED) is 0.796. The van der Waals surface area contributed by atoms with Crippen molar-refractivity contribution in [1.82, 2.24) is 10.2 Å². The first kappa shape index (κ1) is 19.3. The van der Waals surface area contributed by atoms with Crippen LogP contribution in [0.5, 0.6) is 5.75 Å². The summed E-state index contributed by atoms with van der Waals surface area (Å²) in [6.45, 7) is 8.10. The predicted molar refractivity (Wildman–Crippen MR) is 96.0 cm³/mol. The van der Waals surface area contributed by atoms with Crippen LogP contribution in [-0.4, -0.2) is 56.3 Å². The molecule has 0 saturated carbocycles. The lowest BCUT2D eigenvalue weighted by Crippen LogP contribution is -2.51. The van der Waals surface area contributed by atoms with Gasteiger partial charge in [-0.15, -0.1) is 0 Å². The Kier molecular flexibility index (Phi) is 7.62. The highest BCUT2D eigenvalue weighted by molar-refractivity contribution is 6.34. The fraction of sp³-hybridized carbons (Fsp3) is 0.588. The number of carbonyl (C=O) groups is 1. The summed E-state index contributed by atoms with van der Waals surface area (Å²) in [7, 11) is 0. The van der Waals surface area contributed by atoms with E-state index in [2.05, 4.69) is 24.1 Å². The molecule has 1 aromatic carbocycles. The second-order valence-corrected chi connectivity index (χ2v) is 6.97. The lowest BCUT2D eigenvalue weighted by Gasteiger charge is -2.36. The zero-order valence-corrected chi connectivity index (χ0v) is 15.6. The molecule has 1 atom stereocenters. The van der Waals surface area contributed by atoms with E-state index in [0.717, 1.165) is 26.3 Å². The number of morpholine rings is 1. The van der Waals surface area contributed by atoms with Crippen molar-refractivity contribution < 1.29 is 14.3 Å². The van der Waals surface area contributed by atoms with Gasteiger partial charge in [0.05, 0.1) is 18.2 Å². The minimum atomic E-state index is -0.176. The zero-order chi connectivity index (χ0) is 17.5. The summed E-state index contributed by atoms with van der Waals surface area (Å²) in [5.74, 6) is 0.671. The van der Waals surface area contributed by atoms with Gasteiger partial charge in [-0.1, -0.05) is 37.0 Å². The van der Waals surface area contributed by atoms with E-state index >= 15 is 0 Å². The van der Waals surface area contributed by atoms with E-state index in [1.54, 1.807) is 18.2 Å². The number of halogens is 2. The minimum Gasteiger partial charge on any atom is -0.482 e. The van der Waals surface area contributed by atoms with Crippen molar-refractivity contribution in [3.8, 4) is 5.75 Å². The Morgan fingerprint density at radius 1 is 1.33 bits per heavy atom. The average molecular weight is 375 g/mol. The standard InChI is InChI=1S/C17H24Cl2N2O3/c1-12(2)15(21-5-7-23-8-6-21)10-20-17(22)11-24-16-9-13(18)3-4-14(16)19/h3-4,9,12,15H,5-8,10-11H2,1-2H3,(H,20,22). The van der Waals surface area contributed by atoms with Crippen LogP contribution in [0.3, 0.4) is 0 Å². The average Bonchev–Trinajstić information content (AvgIpc) is 2.56. The molecule has 1 fully saturated rings. The van der Waals surface area contributed by atoms with Gasteiger partial charge in [0.15, 0.2) is 6.61 Å². The van der Waals surface area contributed by atoms with Crippen molar-refractivity contribution in [2.45, 2.75) is 19.9 Å². The number of nitrogens with one attached hydrogen (secondary N) is 1. The summed E-state index contributed by atoms with van der Waals surface area (Å²) in [6.07, 6.45) is 0. The Bertz CT molecular complexity index is 549. The molecule has 2 rings (SSSR count). The molecule has 1 aromatic rings. The number of hydrogen-bond donors (Lipinski definition) is 1. The number of ether oxygens (including phenoxy) is 2. The third kappa shape index (κ3) is 5.81. The maximum Gasteiger partial charge on any atom is 0.257 e. The number of rotatable bonds is 7. The van der Waals surface area contributed by atoms with Gasteiger partial charge in [-0.05, 0) is 18.1 Å². The number of benzene rings is 1. The Hall–Kier alpha value is -1.01. The molecular weight excluding hydrogens is 351 g/mol. The number of amides is 1. The smallest absolute Gasteiger partial charge is 0.257 e. The van der Waals surface area contributed by atoms with Crippen molar-refractivity contribution in [2.75, 3.05) is 39.5 Å². The molecule has 1 aliphatic heterocycles. The van der Waals surface area contributed by atoms with Gasteiger partial charge in [0, 0.05) is 36.8 Å². The van der Waals surface area contributed by atoms with Crippen LogP contribution in [0.1, 0.15) is 13.8 Å². The molecule has 1 unspecified atom stereocenters. The minimum absolute atomic E-state index is 0.0893. The van der Waals surface area contributed by atoms with Crippen molar-refractivity contribution in [1.29, 1.82) is 0 Å². The highest BCUT2D eigenvalue weighted by atomic mass is 35.5. The van der Waals surface area contributed by atoms with Crippen molar-refractivity contribution in [3.63, 3.8) is 0 Å². The van der Waals surface area contributed by atoms with Gasteiger partial charge in [-0.2, -0.15) is 0 Å². The van der Waals surface area contributed by atoms with Crippen LogP contribution < -0.4 is 10.1 Å². The highest BCUT2D eigenvalue weighted by Crippen LogP contribution is 2.27. The van der Waals surface area contributed by atoms with Crippen LogP contribution >= 0.6 is 23.2 Å². The molecule has 0 bridgehead atoms. The normalized spacial score (nSPS) is 16.9. The van der Waals surface area contributed by atoms with Crippen LogP contribution in [0, 0.1) is 5.92 Å². The molecule has 7 heteroatoms. The second-order valence-electron chi connectivity index (χ2n) is 6.13. The second kappa shape index (κ2) is 9.47. The van der Waals surface area contributed by atoms with Gasteiger partial charge >= 0.3 is 0 Å². The molecule has 1 saturated heterocycles. The summed E-state index contributed by atoms with van der Waals surface area (Å²) in [5.41, 5.74) is 0. The molecule has 1 heterocycles. The molecule has 1 N–H and O–H groups in total. The topological polar surface area (TPSA) is 50.8 Å². The Morgan fingerprint density at radius 2 is 2.04 bits per heavy atom. The monoisotopic (exact) mass is 374 g/mol. The molecule has 24 heavy (non-hydrogen) atoms. The van der Waals surface area contributed by atoms with Crippen molar-refractivity contribution in [3.05, 3.63) is 28.2 Å². The van der Waals surface area contributed by atoms with Crippen LogP contribution in [0.2, 0.25) is 10.0 Å². The maximum atomic E-state index is 12.1. The summed E-state index contributed by atoms with van der Waals surface area (Å²) >= 11 is 11.9. The predicted octanol–water partition coefficient (Wildman–Crippen LogP) is 2.85. The molecule has 0 aliphatic carbocycles. The lowest BCUT2D eigenvalue weighted by atomic mass is 10.0. The maximum absolute atomic E-state index is 12.1. The van der Waals surface area contributed by atoms with Gasteiger partial charge in [0.2, 0.25) is 0 Å². The summed E-state index contributed by atoms with van der Waals surface area (Å²) < 4.78 is 10.8. The van der Waals surface area contributed by atoms with Gasteiger partial charge in [0.1, 0.15) is 5.75 Å². The fourth-order valence-electron chi connectivity index (χ4n) is 2.70. The molecule has 5 nitrogen and oxygen atoms in total. The first-order valence-corrected chi connectivity index (χ1v) is 8.89. The van der Waals surface area contributed by atoms with Crippen LogP contribution in [0.4, 0.5) is 0 Å². The van der Waals surface area contributed by atoms with Gasteiger partial charge < -0.3 is 14.8 Å². The molecule has 0 aromatic heterocycles. The van der Waals surface area contributed by atoms with E-state index in [4.69, 9.17) is 32.7 Å². The summed E-state index contributed by atoms with van der Waals surface area (Å²) in [6, 6.07) is 5.20. The van der Waals surface area contributed by atoms with E-state index in [-0.39, 0.29) is 18.6 Å². The first-order chi connectivity index (χ1) is 11.5. The van der Waals surface area contributed by atoms with E-state index in [1.165, 1.54) is 0 Å². The van der Waals surface area contributed by atoms with E-state index < -0.39 is 0 Å². The molecule has 0 radical (unpaired) electrons. The van der Waals surface area contributed by atoms with Crippen LogP contribution in [0.25, 0.3) is 0 Å². The SMILES string of the molecule is CC(C)C(CNC(=O)COc1cc(Cl)ccc1Cl)N1CCOCC1. The van der Waals surface area contributed by atoms with Gasteiger partial charge in [-0.3, -0.25) is 9.69 Å². The molecule has 1 aliphatic rings. The number of nitrogens with zero attached hydrogens (tertiary/aromatic N) is 1. The Morgan fingerprint density at radius 3 is 2.71 bits per heavy atom.